The molecule has 1 aromatic carbocycles. The summed E-state index contributed by atoms with van der Waals surface area (Å²) in [6.07, 6.45) is 9.57. The van der Waals surface area contributed by atoms with Crippen molar-refractivity contribution in [2.45, 2.75) is 38.3 Å². The highest BCUT2D eigenvalue weighted by molar-refractivity contribution is 6.34. The van der Waals surface area contributed by atoms with E-state index in [1.54, 1.807) is 24.8 Å². The molecule has 4 aliphatic rings. The number of halogens is 3. The third-order valence-corrected chi connectivity index (χ3v) is 7.57. The minimum Gasteiger partial charge on any atom is -0.272 e. The number of hydrazone groups is 1. The van der Waals surface area contributed by atoms with Crippen molar-refractivity contribution in [3.05, 3.63) is 59.0 Å². The molecule has 1 aliphatic heterocycles. The lowest BCUT2D eigenvalue weighted by atomic mass is 9.68. The van der Waals surface area contributed by atoms with Gasteiger partial charge in [0, 0.05) is 43.0 Å². The zero-order valence-corrected chi connectivity index (χ0v) is 17.8. The Morgan fingerprint density at radius 1 is 1.12 bits per heavy atom. The van der Waals surface area contributed by atoms with Crippen LogP contribution in [0.25, 0.3) is 10.9 Å². The third-order valence-electron chi connectivity index (χ3n) is 7.29. The fourth-order valence-corrected chi connectivity index (χ4v) is 6.11. The first-order valence-electron chi connectivity index (χ1n) is 10.7. The van der Waals surface area contributed by atoms with Gasteiger partial charge in [-0.3, -0.25) is 14.5 Å². The summed E-state index contributed by atoms with van der Waals surface area (Å²) in [7, 11) is 0. The molecule has 3 saturated carbocycles. The molecule has 2 bridgehead atoms. The van der Waals surface area contributed by atoms with Crippen molar-refractivity contribution in [3.8, 4) is 0 Å². The number of carbonyl (C=O) groups excluding carboxylic acids is 1. The molecule has 2 unspecified atom stereocenters. The van der Waals surface area contributed by atoms with Gasteiger partial charge in [-0.05, 0) is 48.8 Å². The summed E-state index contributed by atoms with van der Waals surface area (Å²) in [5.74, 6) is -0.601. The Balaban J connectivity index is 1.22. The normalized spacial score (nSPS) is 28.5. The molecule has 32 heavy (non-hydrogen) atoms. The Kier molecular flexibility index (Phi) is 4.37. The van der Waals surface area contributed by atoms with Crippen molar-refractivity contribution in [1.82, 2.24) is 19.8 Å². The first-order chi connectivity index (χ1) is 15.4. The van der Waals surface area contributed by atoms with Crippen molar-refractivity contribution in [2.24, 2.45) is 22.4 Å². The van der Waals surface area contributed by atoms with Crippen molar-refractivity contribution < 1.29 is 13.6 Å². The summed E-state index contributed by atoms with van der Waals surface area (Å²) in [6.45, 7) is 0.689. The van der Waals surface area contributed by atoms with E-state index in [0.29, 0.717) is 35.4 Å². The van der Waals surface area contributed by atoms with Gasteiger partial charge in [0.25, 0.3) is 0 Å². The highest BCUT2D eigenvalue weighted by atomic mass is 35.5. The van der Waals surface area contributed by atoms with Gasteiger partial charge in [0.2, 0.25) is 5.91 Å². The van der Waals surface area contributed by atoms with Crippen molar-refractivity contribution in [2.75, 3.05) is 0 Å². The Hall–Kier alpha value is -2.87. The van der Waals surface area contributed by atoms with E-state index in [-0.39, 0.29) is 5.91 Å². The zero-order chi connectivity index (χ0) is 22.0. The summed E-state index contributed by atoms with van der Waals surface area (Å²) in [4.78, 5) is 17.7. The highest BCUT2D eigenvalue weighted by Gasteiger charge is 2.62. The summed E-state index contributed by atoms with van der Waals surface area (Å²) < 4.78 is 29.4. The van der Waals surface area contributed by atoms with Crippen LogP contribution in [0.2, 0.25) is 5.02 Å². The minimum atomic E-state index is -0.651. The van der Waals surface area contributed by atoms with E-state index >= 15 is 0 Å². The molecule has 164 valence electrons. The smallest absolute Gasteiger partial charge is 0.249 e. The number of hydrogen-bond acceptors (Lipinski definition) is 4. The molecular formula is C23H20ClF2N5O. The molecule has 3 aliphatic carbocycles. The lowest BCUT2D eigenvalue weighted by Crippen LogP contribution is -2.45. The minimum absolute atomic E-state index is 0.0489. The lowest BCUT2D eigenvalue weighted by Gasteiger charge is -2.40. The van der Waals surface area contributed by atoms with Crippen molar-refractivity contribution in [3.63, 3.8) is 0 Å². The molecule has 0 spiro atoms. The van der Waals surface area contributed by atoms with Crippen LogP contribution in [0, 0.1) is 28.9 Å². The maximum Gasteiger partial charge on any atom is 0.249 e. The highest BCUT2D eigenvalue weighted by Crippen LogP contribution is 2.63. The monoisotopic (exact) mass is 455 g/mol. The number of benzene rings is 1. The van der Waals surface area contributed by atoms with Gasteiger partial charge in [0.15, 0.2) is 0 Å². The SMILES string of the molecule is O=C(N1N=CCC1c1cc(F)cc(F)c1)C12CC(Cn3ncc4cncc(Cl)c43)C(C1)C2. The molecule has 9 heteroatoms. The zero-order valence-electron chi connectivity index (χ0n) is 17.1. The van der Waals surface area contributed by atoms with Gasteiger partial charge in [0.05, 0.1) is 28.2 Å². The van der Waals surface area contributed by atoms with Crippen LogP contribution >= 0.6 is 11.6 Å². The number of carbonyl (C=O) groups is 1. The van der Waals surface area contributed by atoms with Crippen LogP contribution in [0.3, 0.4) is 0 Å². The van der Waals surface area contributed by atoms with E-state index in [0.717, 1.165) is 36.2 Å². The molecule has 0 radical (unpaired) electrons. The quantitative estimate of drug-likeness (QED) is 0.571. The predicted octanol–water partition coefficient (Wildman–Crippen LogP) is 4.74. The van der Waals surface area contributed by atoms with Crippen LogP contribution in [0.5, 0.6) is 0 Å². The number of pyridine rings is 1. The molecule has 3 aromatic rings. The van der Waals surface area contributed by atoms with E-state index in [1.165, 1.54) is 17.1 Å². The summed E-state index contributed by atoms with van der Waals surface area (Å²) in [5.41, 5.74) is 0.833. The Morgan fingerprint density at radius 2 is 1.91 bits per heavy atom. The van der Waals surface area contributed by atoms with Crippen LogP contribution in [0.1, 0.15) is 37.3 Å². The number of fused-ring (bicyclic) bond motifs is 2. The number of amides is 1. The molecule has 7 rings (SSSR count). The van der Waals surface area contributed by atoms with Crippen LogP contribution in [0.15, 0.2) is 41.9 Å². The number of nitrogens with zero attached hydrogens (tertiary/aromatic N) is 5. The Morgan fingerprint density at radius 3 is 2.69 bits per heavy atom. The van der Waals surface area contributed by atoms with Gasteiger partial charge in [-0.2, -0.15) is 10.2 Å². The van der Waals surface area contributed by atoms with Crippen LogP contribution in [0.4, 0.5) is 8.78 Å². The van der Waals surface area contributed by atoms with E-state index in [4.69, 9.17) is 11.6 Å². The first-order valence-corrected chi connectivity index (χ1v) is 11.1. The third kappa shape index (κ3) is 2.96. The molecule has 2 atom stereocenters. The molecule has 2 aromatic heterocycles. The van der Waals surface area contributed by atoms with Crippen molar-refractivity contribution >= 4 is 34.6 Å². The van der Waals surface area contributed by atoms with Crippen molar-refractivity contribution in [1.29, 1.82) is 0 Å². The maximum absolute atomic E-state index is 13.8. The topological polar surface area (TPSA) is 63.4 Å². The van der Waals surface area contributed by atoms with Crippen LogP contribution < -0.4 is 0 Å². The van der Waals surface area contributed by atoms with Crippen LogP contribution in [-0.4, -0.2) is 31.9 Å². The van der Waals surface area contributed by atoms with Gasteiger partial charge < -0.3 is 0 Å². The number of rotatable bonds is 4. The predicted molar refractivity (Wildman–Crippen MR) is 115 cm³/mol. The molecule has 6 nitrogen and oxygen atoms in total. The van der Waals surface area contributed by atoms with E-state index in [9.17, 15) is 13.6 Å². The molecule has 1 amide bonds. The Labute approximate surface area is 187 Å². The summed E-state index contributed by atoms with van der Waals surface area (Å²) in [5, 5.41) is 11.7. The van der Waals surface area contributed by atoms with E-state index in [2.05, 4.69) is 15.2 Å². The fourth-order valence-electron chi connectivity index (χ4n) is 5.85. The second-order valence-electron chi connectivity index (χ2n) is 9.20. The maximum atomic E-state index is 13.8. The number of aromatic nitrogens is 3. The second kappa shape index (κ2) is 7.07. The second-order valence-corrected chi connectivity index (χ2v) is 9.61. The Bertz CT molecular complexity index is 1250. The number of hydrogen-bond donors (Lipinski definition) is 0. The average molecular weight is 456 g/mol. The van der Waals surface area contributed by atoms with Gasteiger partial charge >= 0.3 is 0 Å². The van der Waals surface area contributed by atoms with Gasteiger partial charge in [-0.15, -0.1) is 0 Å². The van der Waals surface area contributed by atoms with E-state index < -0.39 is 23.1 Å². The molecule has 3 heterocycles. The summed E-state index contributed by atoms with van der Waals surface area (Å²) in [6, 6.07) is 2.93. The van der Waals surface area contributed by atoms with Gasteiger partial charge in [-0.1, -0.05) is 11.6 Å². The summed E-state index contributed by atoms with van der Waals surface area (Å²) >= 11 is 6.34. The fraction of sp³-hybridized carbons (Fsp3) is 0.391. The standard InChI is InChI=1S/C23H20ClF2N5O/c24-19-11-27-9-16-10-29-30(21(16)19)12-15-8-23(6-14(15)7-23)22(32)31-20(1-2-28-31)13-3-17(25)5-18(26)4-13/h2-5,9-11,14-15,20H,1,6-8,12H2. The first kappa shape index (κ1) is 19.8. The molecule has 3 fully saturated rings. The van der Waals surface area contributed by atoms with Crippen LogP contribution in [-0.2, 0) is 11.3 Å². The lowest BCUT2D eigenvalue weighted by molar-refractivity contribution is -0.148. The molecule has 0 saturated heterocycles. The average Bonchev–Trinajstić information content (AvgIpc) is 3.49. The van der Waals surface area contributed by atoms with Gasteiger partial charge in [-0.25, -0.2) is 13.8 Å². The largest absolute Gasteiger partial charge is 0.272 e. The molecular weight excluding hydrogens is 436 g/mol. The van der Waals surface area contributed by atoms with Gasteiger partial charge in [0.1, 0.15) is 11.6 Å². The van der Waals surface area contributed by atoms with E-state index in [1.807, 2.05) is 4.68 Å². The molecule has 0 N–H and O–H groups in total.